The molecule has 4 nitrogen and oxygen atoms in total. The number of halogens is 3. The van der Waals surface area contributed by atoms with Gasteiger partial charge in [-0.2, -0.15) is 0 Å². The van der Waals surface area contributed by atoms with Gasteiger partial charge in [-0.05, 0) is 35.9 Å². The summed E-state index contributed by atoms with van der Waals surface area (Å²) in [6.45, 7) is 1.33. The lowest BCUT2D eigenvalue weighted by atomic mass is 10.00. The number of nitrogens with one attached hydrogen (secondary N) is 2. The second-order valence-corrected chi connectivity index (χ2v) is 8.08. The first kappa shape index (κ1) is 26.6. The lowest BCUT2D eigenvalue weighted by Crippen LogP contribution is -3.04. The molecule has 3 N–H and O–H groups in total. The van der Waals surface area contributed by atoms with Crippen LogP contribution in [0, 0.1) is 0 Å². The molecule has 0 radical (unpaired) electrons. The Hall–Kier alpha value is -1.37. The Morgan fingerprint density at radius 2 is 1.43 bits per heavy atom. The SMILES string of the molecule is C[NH+](C)Cc1cc(C(=O)/C=C/c2ccc(Br)cc2)cc(C[NH+](C)C)c1O.[Cl-].[Cl-]. The molecule has 0 saturated heterocycles. The Morgan fingerprint density at radius 3 is 1.86 bits per heavy atom. The average Bonchev–Trinajstić information content (AvgIpc) is 2.56. The number of rotatable bonds is 7. The van der Waals surface area contributed by atoms with Gasteiger partial charge in [-0.25, -0.2) is 0 Å². The topological polar surface area (TPSA) is 46.2 Å². The van der Waals surface area contributed by atoms with Gasteiger partial charge in [0.2, 0.25) is 0 Å². The van der Waals surface area contributed by atoms with E-state index in [9.17, 15) is 9.90 Å². The maximum atomic E-state index is 12.7. The first-order valence-electron chi connectivity index (χ1n) is 8.67. The van der Waals surface area contributed by atoms with Crippen molar-refractivity contribution in [3.8, 4) is 5.75 Å². The summed E-state index contributed by atoms with van der Waals surface area (Å²) in [5.74, 6) is 0.249. The zero-order chi connectivity index (χ0) is 19.3. The second kappa shape index (κ2) is 12.2. The maximum Gasteiger partial charge on any atom is 0.185 e. The van der Waals surface area contributed by atoms with Crippen LogP contribution >= 0.6 is 15.9 Å². The van der Waals surface area contributed by atoms with Gasteiger partial charge in [0.25, 0.3) is 0 Å². The van der Waals surface area contributed by atoms with Gasteiger partial charge in [0.05, 0.1) is 28.2 Å². The van der Waals surface area contributed by atoms with Crippen LogP contribution in [0.3, 0.4) is 0 Å². The number of carbonyl (C=O) groups excluding carboxylic acids is 1. The first-order valence-corrected chi connectivity index (χ1v) is 9.46. The van der Waals surface area contributed by atoms with Crippen molar-refractivity contribution in [3.05, 3.63) is 69.2 Å². The third-order valence-electron chi connectivity index (χ3n) is 3.94. The number of benzene rings is 2. The Kier molecular flexibility index (Phi) is 11.6. The number of carbonyl (C=O) groups is 1. The third-order valence-corrected chi connectivity index (χ3v) is 4.47. The molecule has 0 heterocycles. The van der Waals surface area contributed by atoms with Crippen molar-refractivity contribution in [1.82, 2.24) is 0 Å². The molecule has 2 aromatic carbocycles. The fourth-order valence-electron chi connectivity index (χ4n) is 2.78. The molecule has 0 fully saturated rings. The number of hydrogen-bond donors (Lipinski definition) is 3. The molecule has 154 valence electrons. The Balaban J connectivity index is 0.00000364. The van der Waals surface area contributed by atoms with E-state index in [-0.39, 0.29) is 30.6 Å². The van der Waals surface area contributed by atoms with E-state index in [0.717, 1.165) is 21.2 Å². The number of phenolic OH excluding ortho intramolecular Hbond substituents is 1. The number of ketones is 1. The molecule has 0 aliphatic heterocycles. The lowest BCUT2D eigenvalue weighted by Gasteiger charge is -2.15. The van der Waals surface area contributed by atoms with Gasteiger partial charge < -0.3 is 39.7 Å². The Morgan fingerprint density at radius 1 is 0.964 bits per heavy atom. The number of allylic oxidation sites excluding steroid dienone is 1. The van der Waals surface area contributed by atoms with Crippen LogP contribution in [0.1, 0.15) is 27.0 Å². The van der Waals surface area contributed by atoms with Crippen molar-refractivity contribution in [3.63, 3.8) is 0 Å². The van der Waals surface area contributed by atoms with Gasteiger partial charge in [0.1, 0.15) is 18.8 Å². The summed E-state index contributed by atoms with van der Waals surface area (Å²) in [5.41, 5.74) is 3.20. The quantitative estimate of drug-likeness (QED) is 0.270. The molecule has 0 aromatic heterocycles. The maximum absolute atomic E-state index is 12.7. The van der Waals surface area contributed by atoms with Crippen molar-refractivity contribution in [2.45, 2.75) is 13.1 Å². The Bertz CT molecular complexity index is 776. The third kappa shape index (κ3) is 7.94. The van der Waals surface area contributed by atoms with E-state index in [1.165, 1.54) is 9.80 Å². The molecule has 0 aliphatic carbocycles. The van der Waals surface area contributed by atoms with E-state index in [4.69, 9.17) is 0 Å². The van der Waals surface area contributed by atoms with Gasteiger partial charge in [-0.1, -0.05) is 34.1 Å². The zero-order valence-corrected chi connectivity index (χ0v) is 19.6. The van der Waals surface area contributed by atoms with E-state index in [2.05, 4.69) is 15.9 Å². The van der Waals surface area contributed by atoms with Crippen LogP contribution in [0.4, 0.5) is 0 Å². The molecule has 0 bridgehead atoms. The highest BCUT2D eigenvalue weighted by Crippen LogP contribution is 2.24. The van der Waals surface area contributed by atoms with Crippen LogP contribution in [0.2, 0.25) is 0 Å². The molecule has 2 rings (SSSR count). The predicted octanol–water partition coefficient (Wildman–Crippen LogP) is -4.65. The van der Waals surface area contributed by atoms with Crippen LogP contribution in [0.15, 0.2) is 46.9 Å². The monoisotopic (exact) mass is 488 g/mol. The van der Waals surface area contributed by atoms with Gasteiger partial charge in [0.15, 0.2) is 5.78 Å². The molecule has 0 amide bonds. The molecule has 0 atom stereocenters. The highest BCUT2D eigenvalue weighted by atomic mass is 79.9. The highest BCUT2D eigenvalue weighted by Gasteiger charge is 2.16. The Labute approximate surface area is 188 Å². The summed E-state index contributed by atoms with van der Waals surface area (Å²) in [7, 11) is 8.10. The molecule has 28 heavy (non-hydrogen) atoms. The summed E-state index contributed by atoms with van der Waals surface area (Å²) in [6.07, 6.45) is 3.41. The number of hydrogen-bond acceptors (Lipinski definition) is 2. The van der Waals surface area contributed by atoms with Crippen molar-refractivity contribution in [2.75, 3.05) is 28.2 Å². The number of phenols is 1. The smallest absolute Gasteiger partial charge is 0.185 e. The van der Waals surface area contributed by atoms with Crippen LogP contribution in [-0.2, 0) is 13.1 Å². The van der Waals surface area contributed by atoms with Gasteiger partial charge in [-0.15, -0.1) is 0 Å². The minimum atomic E-state index is -0.0575. The molecule has 0 spiro atoms. The molecule has 0 saturated carbocycles. The molecule has 0 aliphatic rings. The van der Waals surface area contributed by atoms with E-state index in [1.54, 1.807) is 6.08 Å². The van der Waals surface area contributed by atoms with Gasteiger partial charge in [0, 0.05) is 21.2 Å². The number of aromatic hydroxyl groups is 1. The number of quaternary nitrogens is 2. The second-order valence-electron chi connectivity index (χ2n) is 7.16. The van der Waals surface area contributed by atoms with Crippen molar-refractivity contribution < 1.29 is 44.5 Å². The van der Waals surface area contributed by atoms with E-state index in [0.29, 0.717) is 24.4 Å². The van der Waals surface area contributed by atoms with Gasteiger partial charge >= 0.3 is 0 Å². The molecule has 2 aromatic rings. The predicted molar refractivity (Wildman–Crippen MR) is 109 cm³/mol. The summed E-state index contributed by atoms with van der Waals surface area (Å²) in [5, 5.41) is 10.6. The van der Waals surface area contributed by atoms with E-state index >= 15 is 0 Å². The fourth-order valence-corrected chi connectivity index (χ4v) is 3.04. The van der Waals surface area contributed by atoms with Crippen LogP contribution in [0.5, 0.6) is 5.75 Å². The van der Waals surface area contributed by atoms with Crippen molar-refractivity contribution >= 4 is 27.8 Å². The van der Waals surface area contributed by atoms with Crippen LogP contribution < -0.4 is 34.6 Å². The summed E-state index contributed by atoms with van der Waals surface area (Å²) in [4.78, 5) is 15.1. The largest absolute Gasteiger partial charge is 1.00 e. The molecular formula is C21H27BrCl2N2O2. The van der Waals surface area contributed by atoms with Gasteiger partial charge in [-0.3, -0.25) is 4.79 Å². The van der Waals surface area contributed by atoms with Crippen LogP contribution in [0.25, 0.3) is 6.08 Å². The fraction of sp³-hybridized carbons (Fsp3) is 0.286. The normalized spacial score (nSPS) is 10.8. The van der Waals surface area contributed by atoms with E-state index in [1.807, 2.05) is 70.7 Å². The van der Waals surface area contributed by atoms with Crippen molar-refractivity contribution in [1.29, 1.82) is 0 Å². The van der Waals surface area contributed by atoms with E-state index < -0.39 is 0 Å². The van der Waals surface area contributed by atoms with Crippen LogP contribution in [-0.4, -0.2) is 39.1 Å². The summed E-state index contributed by atoms with van der Waals surface area (Å²) in [6, 6.07) is 11.4. The minimum Gasteiger partial charge on any atom is -1.00 e. The standard InChI is InChI=1S/C21H25BrN2O2.2ClH/c1-23(2)13-17-11-16(12-18(21(17)26)14-24(3)4)20(25)10-7-15-5-8-19(22)9-6-15;;/h5-12,26H,13-14H2,1-4H3;2*1H/b10-7+;;. The summed E-state index contributed by atoms with van der Waals surface area (Å²) < 4.78 is 1.01. The first-order chi connectivity index (χ1) is 12.3. The zero-order valence-electron chi connectivity index (χ0n) is 16.5. The average molecular weight is 490 g/mol. The highest BCUT2D eigenvalue weighted by molar-refractivity contribution is 9.10. The lowest BCUT2D eigenvalue weighted by molar-refractivity contribution is -0.873. The molecule has 7 heteroatoms. The van der Waals surface area contributed by atoms with Crippen molar-refractivity contribution in [2.24, 2.45) is 0 Å². The summed E-state index contributed by atoms with van der Waals surface area (Å²) >= 11 is 3.41. The molecule has 0 unspecified atom stereocenters. The molecular weight excluding hydrogens is 463 g/mol. The minimum absolute atomic E-state index is 0.